The van der Waals surface area contributed by atoms with Crippen molar-refractivity contribution < 1.29 is 0 Å². The summed E-state index contributed by atoms with van der Waals surface area (Å²) in [4.78, 5) is 10.5. The van der Waals surface area contributed by atoms with E-state index in [2.05, 4.69) is 219 Å². The summed E-state index contributed by atoms with van der Waals surface area (Å²) in [6.07, 6.45) is 3.27. The molecule has 282 valence electrons. The molecular formula is C58H40N2. The molecule has 2 heteroatoms. The van der Waals surface area contributed by atoms with Crippen molar-refractivity contribution in [3.05, 3.63) is 247 Å². The van der Waals surface area contributed by atoms with E-state index in [4.69, 9.17) is 9.97 Å². The molecule has 0 fully saturated rings. The van der Waals surface area contributed by atoms with Crippen molar-refractivity contribution in [3.8, 4) is 45.0 Å². The van der Waals surface area contributed by atoms with Crippen LogP contribution < -0.4 is 0 Å². The molecule has 0 bridgehead atoms. The molecule has 0 radical (unpaired) electrons. The number of hydrogen-bond donors (Lipinski definition) is 0. The largest absolute Gasteiger partial charge is 0.228 e. The Morgan fingerprint density at radius 3 is 1.65 bits per heavy atom. The standard InChI is InChI=1S/C58H40N2/c1-38-35-47-34-31-44-17-7-10-22-50(44)57(47)54(43-13-3-2-4-14-43)36-53(38)45-29-25-39(26-30-45)40-27-32-46(33-28-40)55-37-56(51-23-11-18-41-15-5-8-20-48(41)51)60-58(59-55)52-24-12-19-42-16-6-9-21-49(42)52/h2-34,36-37,53H,1,35H2. The summed E-state index contributed by atoms with van der Waals surface area (Å²) < 4.78 is 0. The lowest BCUT2D eigenvalue weighted by molar-refractivity contribution is 0.947. The molecule has 2 nitrogen and oxygen atoms in total. The summed E-state index contributed by atoms with van der Waals surface area (Å²) in [5.41, 5.74) is 14.8. The highest BCUT2D eigenvalue weighted by molar-refractivity contribution is 6.01. The number of hydrogen-bond acceptors (Lipinski definition) is 2. The Bertz CT molecular complexity index is 3180. The van der Waals surface area contributed by atoms with Crippen LogP contribution in [-0.4, -0.2) is 9.97 Å². The highest BCUT2D eigenvalue weighted by atomic mass is 14.9. The van der Waals surface area contributed by atoms with E-state index in [0.29, 0.717) is 5.82 Å². The average Bonchev–Trinajstić information content (AvgIpc) is 3.47. The molecule has 9 aromatic carbocycles. The smallest absolute Gasteiger partial charge is 0.161 e. The summed E-state index contributed by atoms with van der Waals surface area (Å²) in [6.45, 7) is 4.68. The first-order chi connectivity index (χ1) is 29.6. The van der Waals surface area contributed by atoms with Crippen molar-refractivity contribution in [1.82, 2.24) is 9.97 Å². The second-order valence-corrected chi connectivity index (χ2v) is 15.8. The Hall–Kier alpha value is -7.68. The van der Waals surface area contributed by atoms with Crippen LogP contribution in [-0.2, 0) is 6.42 Å². The first-order valence-corrected chi connectivity index (χ1v) is 20.7. The molecule has 1 aliphatic carbocycles. The zero-order valence-corrected chi connectivity index (χ0v) is 33.1. The second kappa shape index (κ2) is 14.9. The predicted octanol–water partition coefficient (Wildman–Crippen LogP) is 14.9. The number of nitrogens with zero attached hydrogens (tertiary/aromatic N) is 2. The Balaban J connectivity index is 0.956. The lowest BCUT2D eigenvalue weighted by Gasteiger charge is -2.17. The van der Waals surface area contributed by atoms with Crippen molar-refractivity contribution in [2.45, 2.75) is 12.3 Å². The third-order valence-electron chi connectivity index (χ3n) is 12.2. The molecule has 0 saturated carbocycles. The molecule has 0 spiro atoms. The minimum atomic E-state index is 0.0763. The average molecular weight is 765 g/mol. The van der Waals surface area contributed by atoms with Crippen molar-refractivity contribution in [2.75, 3.05) is 0 Å². The molecule has 0 amide bonds. The maximum atomic E-state index is 5.25. The van der Waals surface area contributed by atoms with Crippen molar-refractivity contribution in [3.63, 3.8) is 0 Å². The van der Waals surface area contributed by atoms with Crippen LogP contribution in [0.5, 0.6) is 0 Å². The van der Waals surface area contributed by atoms with Gasteiger partial charge in [-0.05, 0) is 83.8 Å². The third-order valence-corrected chi connectivity index (χ3v) is 12.2. The van der Waals surface area contributed by atoms with E-state index in [1.54, 1.807) is 0 Å². The van der Waals surface area contributed by atoms with Gasteiger partial charge in [-0.3, -0.25) is 0 Å². The molecular weight excluding hydrogens is 725 g/mol. The summed E-state index contributed by atoms with van der Waals surface area (Å²) in [7, 11) is 0. The lowest BCUT2D eigenvalue weighted by atomic mass is 9.87. The molecule has 1 atom stereocenters. The van der Waals surface area contributed by atoms with Crippen LogP contribution in [0, 0.1) is 0 Å². The van der Waals surface area contributed by atoms with Gasteiger partial charge in [0.1, 0.15) is 0 Å². The quantitative estimate of drug-likeness (QED) is 0.158. The van der Waals surface area contributed by atoms with Crippen LogP contribution in [0.2, 0.25) is 0 Å². The van der Waals surface area contributed by atoms with Gasteiger partial charge < -0.3 is 0 Å². The first kappa shape index (κ1) is 35.5. The number of benzene rings is 9. The molecule has 1 heterocycles. The van der Waals surface area contributed by atoms with Gasteiger partial charge in [0.05, 0.1) is 11.4 Å². The van der Waals surface area contributed by atoms with Gasteiger partial charge in [0.2, 0.25) is 0 Å². The number of fused-ring (bicyclic) bond motifs is 5. The van der Waals surface area contributed by atoms with Crippen molar-refractivity contribution in [1.29, 1.82) is 0 Å². The van der Waals surface area contributed by atoms with Gasteiger partial charge in [0.25, 0.3) is 0 Å². The molecule has 1 aromatic heterocycles. The molecule has 60 heavy (non-hydrogen) atoms. The molecule has 10 aromatic rings. The Kier molecular flexibility index (Phi) is 8.82. The fourth-order valence-corrected chi connectivity index (χ4v) is 9.13. The predicted molar refractivity (Wildman–Crippen MR) is 252 cm³/mol. The maximum absolute atomic E-state index is 5.25. The Labute approximate surface area is 350 Å². The SMILES string of the molecule is C=C1Cc2ccc3ccccc3c2C(c2ccccc2)=CC1c1ccc(-c2ccc(-c3cc(-c4cccc5ccccc45)nc(-c4cccc5ccccc45)n3)cc2)cc1. The fourth-order valence-electron chi connectivity index (χ4n) is 9.13. The maximum Gasteiger partial charge on any atom is 0.161 e. The van der Waals surface area contributed by atoms with Crippen LogP contribution >= 0.6 is 0 Å². The zero-order chi connectivity index (χ0) is 40.0. The van der Waals surface area contributed by atoms with Gasteiger partial charge in [0.15, 0.2) is 5.82 Å². The summed E-state index contributed by atoms with van der Waals surface area (Å²) in [6, 6.07) is 73.9. The van der Waals surface area contributed by atoms with Gasteiger partial charge in [0, 0.05) is 22.6 Å². The normalized spacial score (nSPS) is 13.9. The van der Waals surface area contributed by atoms with E-state index in [0.717, 1.165) is 45.4 Å². The van der Waals surface area contributed by atoms with Crippen molar-refractivity contribution in [2.24, 2.45) is 0 Å². The molecule has 1 unspecified atom stereocenters. The van der Waals surface area contributed by atoms with E-state index in [1.807, 2.05) is 0 Å². The lowest BCUT2D eigenvalue weighted by Crippen LogP contribution is -2.00. The highest BCUT2D eigenvalue weighted by Gasteiger charge is 2.24. The van der Waals surface area contributed by atoms with Gasteiger partial charge in [-0.25, -0.2) is 9.97 Å². The summed E-state index contributed by atoms with van der Waals surface area (Å²) in [5, 5.41) is 7.20. The molecule has 0 aliphatic heterocycles. The topological polar surface area (TPSA) is 25.8 Å². The Morgan fingerprint density at radius 2 is 0.950 bits per heavy atom. The monoisotopic (exact) mass is 764 g/mol. The van der Waals surface area contributed by atoms with Gasteiger partial charge in [-0.15, -0.1) is 0 Å². The van der Waals surface area contributed by atoms with Crippen LogP contribution in [0.1, 0.15) is 28.2 Å². The molecule has 1 aliphatic rings. The van der Waals surface area contributed by atoms with Crippen molar-refractivity contribution >= 4 is 37.9 Å². The van der Waals surface area contributed by atoms with E-state index in [1.165, 1.54) is 65.9 Å². The number of allylic oxidation sites excluding steroid dienone is 2. The third kappa shape index (κ3) is 6.40. The van der Waals surface area contributed by atoms with Gasteiger partial charge >= 0.3 is 0 Å². The highest BCUT2D eigenvalue weighted by Crippen LogP contribution is 2.42. The van der Waals surface area contributed by atoms with Crippen LogP contribution in [0.15, 0.2) is 224 Å². The van der Waals surface area contributed by atoms with E-state index in [9.17, 15) is 0 Å². The molecule has 0 N–H and O–H groups in total. The van der Waals surface area contributed by atoms with E-state index >= 15 is 0 Å². The number of rotatable bonds is 6. The minimum absolute atomic E-state index is 0.0763. The zero-order valence-electron chi connectivity index (χ0n) is 33.1. The minimum Gasteiger partial charge on any atom is -0.228 e. The van der Waals surface area contributed by atoms with E-state index in [-0.39, 0.29) is 5.92 Å². The summed E-state index contributed by atoms with van der Waals surface area (Å²) >= 11 is 0. The van der Waals surface area contributed by atoms with Crippen LogP contribution in [0.3, 0.4) is 0 Å². The van der Waals surface area contributed by atoms with E-state index < -0.39 is 0 Å². The van der Waals surface area contributed by atoms with Gasteiger partial charge in [-0.1, -0.05) is 218 Å². The second-order valence-electron chi connectivity index (χ2n) is 15.8. The number of aromatic nitrogens is 2. The molecule has 11 rings (SSSR count). The summed E-state index contributed by atoms with van der Waals surface area (Å²) in [5.74, 6) is 0.792. The van der Waals surface area contributed by atoms with Crippen LogP contribution in [0.25, 0.3) is 82.9 Å². The fraction of sp³-hybridized carbons (Fsp3) is 0.0345. The van der Waals surface area contributed by atoms with Crippen LogP contribution in [0.4, 0.5) is 0 Å². The first-order valence-electron chi connectivity index (χ1n) is 20.7. The van der Waals surface area contributed by atoms with Gasteiger partial charge in [-0.2, -0.15) is 0 Å². The Morgan fingerprint density at radius 1 is 0.417 bits per heavy atom. The molecule has 0 saturated heterocycles.